The minimum atomic E-state index is -1.57. The number of carboxylic acid groups (broad SMARTS) is 1. The Bertz CT molecular complexity index is 1120. The number of hydrogen-bond acceptors (Lipinski definition) is 6. The fourth-order valence-electron chi connectivity index (χ4n) is 5.02. The van der Waals surface area contributed by atoms with E-state index >= 15 is 4.39 Å². The Balaban J connectivity index is 0.00000231. The normalized spacial score (nSPS) is 24.9. The Kier molecular flexibility index (Phi) is 5.39. The average molecular weight is 454 g/mol. The lowest BCUT2D eigenvalue weighted by Crippen LogP contribution is -2.44. The molecule has 2 aliphatic heterocycles. The van der Waals surface area contributed by atoms with E-state index in [0.29, 0.717) is 37.4 Å². The second-order valence-electron chi connectivity index (χ2n) is 8.54. The van der Waals surface area contributed by atoms with E-state index in [4.69, 9.17) is 20.3 Å². The summed E-state index contributed by atoms with van der Waals surface area (Å²) in [7, 11) is 0. The van der Waals surface area contributed by atoms with E-state index in [0.717, 1.165) is 19.3 Å². The zero-order valence-corrected chi connectivity index (χ0v) is 17.9. The Morgan fingerprint density at radius 1 is 1.42 bits per heavy atom. The number of aromatic nitrogens is 1. The number of carbonyl (C=O) groups is 1. The minimum absolute atomic E-state index is 0. The van der Waals surface area contributed by atoms with Gasteiger partial charge in [0.15, 0.2) is 5.75 Å². The van der Waals surface area contributed by atoms with Gasteiger partial charge in [-0.05, 0) is 32.3 Å². The predicted octanol–water partition coefficient (Wildman–Crippen LogP) is 2.82. The molecule has 0 spiro atoms. The van der Waals surface area contributed by atoms with Crippen molar-refractivity contribution in [2.45, 2.75) is 37.8 Å². The highest BCUT2D eigenvalue weighted by Gasteiger charge is 2.50. The van der Waals surface area contributed by atoms with Crippen LogP contribution in [0.5, 0.6) is 5.75 Å². The summed E-state index contributed by atoms with van der Waals surface area (Å²) in [6, 6.07) is 1.84. The standard InChI is InChI=1S/C21H24FN3O5.ClH/c1-11-17-14(25(13-2-3-13)8-16(19(17)26)30-20(27)28)6-15(18(11)22)24-7-12-4-5-29-21(12,9-23)10-24;/h6,8,12-13H,2-5,7,9-10,23H2,1H3,(H,27,28);1H. The van der Waals surface area contributed by atoms with Gasteiger partial charge in [0.05, 0.1) is 22.8 Å². The van der Waals surface area contributed by atoms with Gasteiger partial charge in [-0.15, -0.1) is 12.4 Å². The maximum Gasteiger partial charge on any atom is 0.511 e. The maximum atomic E-state index is 15.5. The van der Waals surface area contributed by atoms with E-state index in [-0.39, 0.29) is 41.1 Å². The first-order valence-electron chi connectivity index (χ1n) is 10.2. The fourth-order valence-corrected chi connectivity index (χ4v) is 5.02. The summed E-state index contributed by atoms with van der Waals surface area (Å²) < 4.78 is 28.0. The number of pyridine rings is 1. The monoisotopic (exact) mass is 453 g/mol. The number of rotatable bonds is 4. The lowest BCUT2D eigenvalue weighted by atomic mass is 9.91. The molecule has 0 radical (unpaired) electrons. The van der Waals surface area contributed by atoms with Crippen molar-refractivity contribution in [2.75, 3.05) is 31.1 Å². The molecule has 5 rings (SSSR count). The van der Waals surface area contributed by atoms with Gasteiger partial charge in [-0.1, -0.05) is 0 Å². The van der Waals surface area contributed by atoms with Crippen LogP contribution in [0.15, 0.2) is 17.1 Å². The molecular formula is C21H25ClFN3O5. The molecule has 168 valence electrons. The lowest BCUT2D eigenvalue weighted by molar-refractivity contribution is 0.0126. The van der Waals surface area contributed by atoms with Crippen molar-refractivity contribution in [3.63, 3.8) is 0 Å². The second kappa shape index (κ2) is 7.65. The van der Waals surface area contributed by atoms with E-state index in [2.05, 4.69) is 0 Å². The quantitative estimate of drug-likeness (QED) is 0.685. The summed E-state index contributed by atoms with van der Waals surface area (Å²) in [6.07, 6.45) is 2.57. The fraction of sp³-hybridized carbons (Fsp3) is 0.524. The molecule has 0 amide bonds. The van der Waals surface area contributed by atoms with Crippen LogP contribution < -0.4 is 20.8 Å². The number of fused-ring (bicyclic) bond motifs is 2. The molecule has 1 aromatic heterocycles. The van der Waals surface area contributed by atoms with E-state index in [1.165, 1.54) is 6.20 Å². The molecule has 31 heavy (non-hydrogen) atoms. The number of anilines is 1. The molecule has 8 nitrogen and oxygen atoms in total. The van der Waals surface area contributed by atoms with Gasteiger partial charge in [0.2, 0.25) is 5.43 Å². The number of nitrogens with zero attached hydrogens (tertiary/aromatic N) is 2. The first-order chi connectivity index (χ1) is 14.3. The van der Waals surface area contributed by atoms with Crippen LogP contribution in [0, 0.1) is 18.7 Å². The van der Waals surface area contributed by atoms with E-state index < -0.39 is 23.0 Å². The third kappa shape index (κ3) is 3.35. The Morgan fingerprint density at radius 3 is 2.77 bits per heavy atom. The number of benzene rings is 1. The second-order valence-corrected chi connectivity index (χ2v) is 8.54. The van der Waals surface area contributed by atoms with Crippen LogP contribution in [0.4, 0.5) is 14.9 Å². The Hall–Kier alpha value is -2.36. The Labute approximate surface area is 184 Å². The molecule has 1 aromatic carbocycles. The van der Waals surface area contributed by atoms with Gasteiger partial charge in [-0.2, -0.15) is 0 Å². The van der Waals surface area contributed by atoms with Crippen LogP contribution >= 0.6 is 12.4 Å². The van der Waals surface area contributed by atoms with Gasteiger partial charge < -0.3 is 29.8 Å². The van der Waals surface area contributed by atoms with Gasteiger partial charge in [-0.3, -0.25) is 4.79 Å². The molecule has 2 atom stereocenters. The zero-order chi connectivity index (χ0) is 21.2. The number of hydrogen-bond donors (Lipinski definition) is 2. The lowest BCUT2D eigenvalue weighted by Gasteiger charge is -2.27. The molecule has 0 bridgehead atoms. The van der Waals surface area contributed by atoms with E-state index in [1.807, 2.05) is 9.47 Å². The molecule has 2 aromatic rings. The van der Waals surface area contributed by atoms with Crippen molar-refractivity contribution in [2.24, 2.45) is 11.7 Å². The maximum absolute atomic E-state index is 15.5. The highest BCUT2D eigenvalue weighted by molar-refractivity contribution is 5.88. The van der Waals surface area contributed by atoms with Gasteiger partial charge in [0.1, 0.15) is 11.4 Å². The first-order valence-corrected chi connectivity index (χ1v) is 10.2. The van der Waals surface area contributed by atoms with E-state index in [1.54, 1.807) is 13.0 Å². The summed E-state index contributed by atoms with van der Waals surface area (Å²) in [5.74, 6) is -0.542. The number of aryl methyl sites for hydroxylation is 1. The summed E-state index contributed by atoms with van der Waals surface area (Å²) in [4.78, 5) is 25.9. The highest BCUT2D eigenvalue weighted by Crippen LogP contribution is 2.43. The van der Waals surface area contributed by atoms with Gasteiger partial charge >= 0.3 is 6.16 Å². The average Bonchev–Trinajstić information content (AvgIpc) is 3.37. The summed E-state index contributed by atoms with van der Waals surface area (Å²) in [5.41, 5.74) is 6.14. The molecule has 3 fully saturated rings. The van der Waals surface area contributed by atoms with Crippen molar-refractivity contribution in [1.29, 1.82) is 0 Å². The third-order valence-corrected chi connectivity index (χ3v) is 6.77. The first kappa shape index (κ1) is 21.9. The van der Waals surface area contributed by atoms with Crippen LogP contribution in [0.2, 0.25) is 0 Å². The van der Waals surface area contributed by atoms with Gasteiger partial charge in [0, 0.05) is 43.8 Å². The largest absolute Gasteiger partial charge is 0.511 e. The topological polar surface area (TPSA) is 107 Å². The summed E-state index contributed by atoms with van der Waals surface area (Å²) in [6.45, 7) is 3.75. The van der Waals surface area contributed by atoms with Crippen molar-refractivity contribution in [1.82, 2.24) is 4.57 Å². The third-order valence-electron chi connectivity index (χ3n) is 6.77. The van der Waals surface area contributed by atoms with E-state index in [9.17, 15) is 9.59 Å². The smallest absolute Gasteiger partial charge is 0.449 e. The molecule has 2 saturated heterocycles. The van der Waals surface area contributed by atoms with Crippen molar-refractivity contribution in [3.8, 4) is 5.75 Å². The minimum Gasteiger partial charge on any atom is -0.449 e. The van der Waals surface area contributed by atoms with Crippen LogP contribution in [-0.2, 0) is 4.74 Å². The van der Waals surface area contributed by atoms with Gasteiger partial charge in [-0.25, -0.2) is 9.18 Å². The summed E-state index contributed by atoms with van der Waals surface area (Å²) in [5, 5.41) is 9.13. The molecule has 3 N–H and O–H groups in total. The molecule has 3 heterocycles. The predicted molar refractivity (Wildman–Crippen MR) is 115 cm³/mol. The molecular weight excluding hydrogens is 429 g/mol. The summed E-state index contributed by atoms with van der Waals surface area (Å²) >= 11 is 0. The van der Waals surface area contributed by atoms with Crippen molar-refractivity contribution >= 4 is 35.2 Å². The van der Waals surface area contributed by atoms with Crippen LogP contribution in [0.25, 0.3) is 10.9 Å². The molecule has 10 heteroatoms. The highest BCUT2D eigenvalue weighted by atomic mass is 35.5. The SMILES string of the molecule is Cc1c(F)c(N2CC3CCOC3(CN)C2)cc2c1c(=O)c(OC(=O)O)cn2C1CC1.Cl. The zero-order valence-electron chi connectivity index (χ0n) is 17.1. The molecule has 1 aliphatic carbocycles. The van der Waals surface area contributed by atoms with Crippen LogP contribution in [-0.4, -0.2) is 47.7 Å². The van der Waals surface area contributed by atoms with Crippen molar-refractivity contribution in [3.05, 3.63) is 33.9 Å². The number of ether oxygens (including phenoxy) is 2. The Morgan fingerprint density at radius 2 is 2.16 bits per heavy atom. The van der Waals surface area contributed by atoms with Gasteiger partial charge in [0.25, 0.3) is 0 Å². The van der Waals surface area contributed by atoms with Crippen LogP contribution in [0.3, 0.4) is 0 Å². The number of halogens is 2. The number of nitrogens with two attached hydrogens (primary N) is 1. The van der Waals surface area contributed by atoms with Crippen LogP contribution in [0.1, 0.15) is 30.9 Å². The molecule has 1 saturated carbocycles. The molecule has 2 unspecified atom stereocenters. The van der Waals surface area contributed by atoms with Crippen molar-refractivity contribution < 1.29 is 23.8 Å². The molecule has 3 aliphatic rings.